The minimum absolute atomic E-state index is 0.0594. The van der Waals surface area contributed by atoms with Gasteiger partial charge in [-0.25, -0.2) is 0 Å². The summed E-state index contributed by atoms with van der Waals surface area (Å²) >= 11 is 0. The molecule has 1 N–H and O–H groups in total. The van der Waals surface area contributed by atoms with E-state index >= 15 is 0 Å². The van der Waals surface area contributed by atoms with Gasteiger partial charge in [0.25, 0.3) is 0 Å². The monoisotopic (exact) mass is 283 g/mol. The summed E-state index contributed by atoms with van der Waals surface area (Å²) in [6, 6.07) is 15.1. The van der Waals surface area contributed by atoms with E-state index in [9.17, 15) is 9.70 Å². The number of hydrogen-bond donors (Lipinski definition) is 1. The molecule has 4 nitrogen and oxygen atoms in total. The minimum atomic E-state index is -0.917. The van der Waals surface area contributed by atoms with Gasteiger partial charge in [-0.2, -0.15) is 4.91 Å². The smallest absolute Gasteiger partial charge is 0.303 e. The van der Waals surface area contributed by atoms with Crippen LogP contribution in [0, 0.1) is 11.8 Å². The van der Waals surface area contributed by atoms with Gasteiger partial charge in [0.2, 0.25) is 0 Å². The molecule has 4 heteroatoms. The van der Waals surface area contributed by atoms with Crippen molar-refractivity contribution in [1.29, 1.82) is 0 Å². The van der Waals surface area contributed by atoms with Crippen LogP contribution in [0.15, 0.2) is 53.7 Å². The first kappa shape index (κ1) is 14.9. The van der Waals surface area contributed by atoms with Crippen LogP contribution in [0.5, 0.6) is 0 Å². The Labute approximate surface area is 123 Å². The Balaban J connectivity index is 2.15. The lowest BCUT2D eigenvalue weighted by atomic mass is 9.98. The van der Waals surface area contributed by atoms with E-state index in [1.165, 1.54) is 5.56 Å². The highest BCUT2D eigenvalue weighted by Gasteiger charge is 2.13. The molecule has 0 saturated carbocycles. The molecule has 0 aliphatic heterocycles. The second-order valence-electron chi connectivity index (χ2n) is 5.04. The lowest BCUT2D eigenvalue weighted by Crippen LogP contribution is -2.00. The van der Waals surface area contributed by atoms with Gasteiger partial charge in [-0.15, -0.1) is 0 Å². The second-order valence-corrected chi connectivity index (χ2v) is 5.04. The van der Waals surface area contributed by atoms with Crippen LogP contribution in [0.2, 0.25) is 0 Å². The summed E-state index contributed by atoms with van der Waals surface area (Å²) in [5, 5.41) is 11.7. The van der Waals surface area contributed by atoms with Crippen molar-refractivity contribution in [1.82, 2.24) is 0 Å². The molecule has 1 atom stereocenters. The maximum Gasteiger partial charge on any atom is 0.303 e. The van der Waals surface area contributed by atoms with E-state index in [0.717, 1.165) is 16.7 Å². The van der Waals surface area contributed by atoms with Crippen LogP contribution in [-0.4, -0.2) is 11.1 Å². The SMILES string of the molecule is Cc1ccc(-c2ccc(C(CCC(=O)O)N=O)cc2)cc1. The zero-order valence-corrected chi connectivity index (χ0v) is 11.8. The van der Waals surface area contributed by atoms with E-state index < -0.39 is 12.0 Å². The third-order valence-corrected chi connectivity index (χ3v) is 3.44. The van der Waals surface area contributed by atoms with Gasteiger partial charge < -0.3 is 5.11 Å². The van der Waals surface area contributed by atoms with Gasteiger partial charge in [0, 0.05) is 6.42 Å². The maximum absolute atomic E-state index is 10.9. The van der Waals surface area contributed by atoms with Crippen molar-refractivity contribution >= 4 is 5.97 Å². The van der Waals surface area contributed by atoms with Gasteiger partial charge in [-0.05, 0) is 30.0 Å². The molecule has 2 rings (SSSR count). The van der Waals surface area contributed by atoms with Crippen molar-refractivity contribution in [3.63, 3.8) is 0 Å². The molecule has 0 aromatic heterocycles. The van der Waals surface area contributed by atoms with E-state index in [-0.39, 0.29) is 12.8 Å². The molecule has 0 saturated heterocycles. The molecule has 108 valence electrons. The molecule has 21 heavy (non-hydrogen) atoms. The van der Waals surface area contributed by atoms with Crippen LogP contribution in [0.25, 0.3) is 11.1 Å². The highest BCUT2D eigenvalue weighted by atomic mass is 16.4. The fourth-order valence-corrected chi connectivity index (χ4v) is 2.18. The Hall–Kier alpha value is -2.49. The third kappa shape index (κ3) is 3.99. The predicted octanol–water partition coefficient (Wildman–Crippen LogP) is 4.33. The highest BCUT2D eigenvalue weighted by molar-refractivity contribution is 5.67. The van der Waals surface area contributed by atoms with E-state index in [0.29, 0.717) is 0 Å². The Bertz CT molecular complexity index is 617. The number of rotatable bonds is 6. The summed E-state index contributed by atoms with van der Waals surface area (Å²) in [5.74, 6) is -0.917. The normalized spacial score (nSPS) is 11.9. The topological polar surface area (TPSA) is 66.7 Å². The fourth-order valence-electron chi connectivity index (χ4n) is 2.18. The molecule has 0 fully saturated rings. The molecule has 1 unspecified atom stereocenters. The Morgan fingerprint density at radius 1 is 1.05 bits per heavy atom. The van der Waals surface area contributed by atoms with Crippen LogP contribution < -0.4 is 0 Å². The summed E-state index contributed by atoms with van der Waals surface area (Å²) in [4.78, 5) is 21.4. The number of aryl methyl sites for hydroxylation is 1. The zero-order valence-electron chi connectivity index (χ0n) is 11.8. The maximum atomic E-state index is 10.9. The van der Waals surface area contributed by atoms with Crippen molar-refractivity contribution in [2.45, 2.75) is 25.8 Å². The van der Waals surface area contributed by atoms with Gasteiger partial charge >= 0.3 is 5.97 Å². The Morgan fingerprint density at radius 3 is 2.05 bits per heavy atom. The second kappa shape index (κ2) is 6.79. The first-order chi connectivity index (χ1) is 10.1. The summed E-state index contributed by atoms with van der Waals surface area (Å²) < 4.78 is 0. The number of carbonyl (C=O) groups is 1. The predicted molar refractivity (Wildman–Crippen MR) is 82.0 cm³/mol. The average molecular weight is 283 g/mol. The largest absolute Gasteiger partial charge is 0.481 e. The Kier molecular flexibility index (Phi) is 4.82. The zero-order chi connectivity index (χ0) is 15.2. The lowest BCUT2D eigenvalue weighted by Gasteiger charge is -2.09. The average Bonchev–Trinajstić information content (AvgIpc) is 2.49. The molecular formula is C17H17NO3. The molecule has 0 spiro atoms. The molecular weight excluding hydrogens is 266 g/mol. The lowest BCUT2D eigenvalue weighted by molar-refractivity contribution is -0.137. The quantitative estimate of drug-likeness (QED) is 0.802. The first-order valence-electron chi connectivity index (χ1n) is 6.81. The van der Waals surface area contributed by atoms with E-state index in [4.69, 9.17) is 5.11 Å². The van der Waals surface area contributed by atoms with E-state index in [1.54, 1.807) is 0 Å². The fraction of sp³-hybridized carbons (Fsp3) is 0.235. The minimum Gasteiger partial charge on any atom is -0.481 e. The van der Waals surface area contributed by atoms with Gasteiger partial charge in [-0.1, -0.05) is 59.3 Å². The number of nitroso groups, excluding NO2 is 1. The van der Waals surface area contributed by atoms with Crippen molar-refractivity contribution < 1.29 is 9.90 Å². The first-order valence-corrected chi connectivity index (χ1v) is 6.81. The van der Waals surface area contributed by atoms with Gasteiger partial charge in [0.1, 0.15) is 6.04 Å². The summed E-state index contributed by atoms with van der Waals surface area (Å²) in [6.07, 6.45) is 0.166. The molecule has 0 aliphatic carbocycles. The molecule has 2 aromatic carbocycles. The summed E-state index contributed by atoms with van der Waals surface area (Å²) in [6.45, 7) is 2.04. The summed E-state index contributed by atoms with van der Waals surface area (Å²) in [5.41, 5.74) is 4.12. The van der Waals surface area contributed by atoms with Crippen molar-refractivity contribution in [2.75, 3.05) is 0 Å². The molecule has 0 radical (unpaired) electrons. The number of hydrogen-bond acceptors (Lipinski definition) is 3. The van der Waals surface area contributed by atoms with Crippen molar-refractivity contribution in [2.24, 2.45) is 5.18 Å². The van der Waals surface area contributed by atoms with Crippen LogP contribution in [0.1, 0.15) is 30.0 Å². The molecule has 0 bridgehead atoms. The van der Waals surface area contributed by atoms with Crippen molar-refractivity contribution in [3.8, 4) is 11.1 Å². The molecule has 0 amide bonds. The van der Waals surface area contributed by atoms with Gasteiger partial charge in [-0.3, -0.25) is 4.79 Å². The molecule has 2 aromatic rings. The Morgan fingerprint density at radius 2 is 1.57 bits per heavy atom. The van der Waals surface area contributed by atoms with Crippen LogP contribution >= 0.6 is 0 Å². The number of aliphatic carboxylic acids is 1. The molecule has 0 aliphatic rings. The van der Waals surface area contributed by atoms with E-state index in [2.05, 4.69) is 5.18 Å². The van der Waals surface area contributed by atoms with Crippen LogP contribution in [-0.2, 0) is 4.79 Å². The van der Waals surface area contributed by atoms with Gasteiger partial charge in [0.15, 0.2) is 0 Å². The van der Waals surface area contributed by atoms with Gasteiger partial charge in [0.05, 0.1) is 0 Å². The number of benzene rings is 2. The summed E-state index contributed by atoms with van der Waals surface area (Å²) in [7, 11) is 0. The standard InChI is InChI=1S/C17H17NO3/c1-12-2-4-13(5-3-12)14-6-8-15(9-7-14)16(18-21)10-11-17(19)20/h2-9,16H,10-11H2,1H3,(H,19,20). The molecule has 0 heterocycles. The third-order valence-electron chi connectivity index (χ3n) is 3.44. The van der Waals surface area contributed by atoms with Crippen LogP contribution in [0.4, 0.5) is 0 Å². The number of carboxylic acid groups (broad SMARTS) is 1. The van der Waals surface area contributed by atoms with E-state index in [1.807, 2.05) is 55.5 Å². The van der Waals surface area contributed by atoms with Crippen molar-refractivity contribution in [3.05, 3.63) is 64.6 Å². The number of carboxylic acids is 1. The number of nitrogens with zero attached hydrogens (tertiary/aromatic N) is 1. The highest BCUT2D eigenvalue weighted by Crippen LogP contribution is 2.26. The van der Waals surface area contributed by atoms with Crippen LogP contribution in [0.3, 0.4) is 0 Å².